The van der Waals surface area contributed by atoms with Gasteiger partial charge in [-0.2, -0.15) is 0 Å². The number of carbonyl (C=O) groups excluding carboxylic acids is 2. The van der Waals surface area contributed by atoms with Gasteiger partial charge in [-0.05, 0) is 30.7 Å². The molecule has 1 heterocycles. The second-order valence-electron chi connectivity index (χ2n) is 5.21. The van der Waals surface area contributed by atoms with Crippen LogP contribution in [-0.2, 0) is 14.3 Å². The number of methoxy groups -OCH3 is 1. The molecule has 0 saturated carbocycles. The predicted molar refractivity (Wildman–Crippen MR) is 110 cm³/mol. The summed E-state index contributed by atoms with van der Waals surface area (Å²) in [5.74, 6) is -0.0358. The molecule has 0 radical (unpaired) electrons. The van der Waals surface area contributed by atoms with E-state index in [1.807, 2.05) is 6.92 Å². The highest BCUT2D eigenvalue weighted by molar-refractivity contribution is 8.26. The Hall–Kier alpha value is -2.03. The van der Waals surface area contributed by atoms with Crippen LogP contribution in [-0.4, -0.2) is 48.0 Å². The maximum atomic E-state index is 12.5. The number of thiocarbonyl (C=S) groups is 1. The fraction of sp³-hybridized carbons (Fsp3) is 0.278. The lowest BCUT2D eigenvalue weighted by Gasteiger charge is -2.13. The standard InChI is InChI=1S/C18H18ClNO5S2/c1-4-6-25-16-12(19)7-11(8-13(16)24-5-2)9-14-17(22)20(18(26)27-14)10-15(21)23-3/h4,7-9H,1,5-6,10H2,2-3H3/b14-9-. The zero-order valence-corrected chi connectivity index (χ0v) is 17.2. The van der Waals surface area contributed by atoms with Gasteiger partial charge in [-0.15, -0.1) is 0 Å². The van der Waals surface area contributed by atoms with Crippen LogP contribution in [0.15, 0.2) is 29.7 Å². The van der Waals surface area contributed by atoms with Gasteiger partial charge in [0.15, 0.2) is 11.5 Å². The van der Waals surface area contributed by atoms with E-state index in [0.717, 1.165) is 11.8 Å². The summed E-state index contributed by atoms with van der Waals surface area (Å²) >= 11 is 12.6. The summed E-state index contributed by atoms with van der Waals surface area (Å²) in [6, 6.07) is 3.38. The zero-order chi connectivity index (χ0) is 20.0. The lowest BCUT2D eigenvalue weighted by atomic mass is 10.1. The van der Waals surface area contributed by atoms with Crippen molar-refractivity contribution in [3.8, 4) is 11.5 Å². The largest absolute Gasteiger partial charge is 0.490 e. The number of carbonyl (C=O) groups is 2. The van der Waals surface area contributed by atoms with Crippen molar-refractivity contribution in [1.82, 2.24) is 4.90 Å². The van der Waals surface area contributed by atoms with E-state index in [2.05, 4.69) is 11.3 Å². The first kappa shape index (κ1) is 21.3. The number of esters is 1. The minimum absolute atomic E-state index is 0.224. The molecule has 9 heteroatoms. The van der Waals surface area contributed by atoms with Crippen molar-refractivity contribution >= 4 is 57.9 Å². The van der Waals surface area contributed by atoms with Crippen molar-refractivity contribution in [2.75, 3.05) is 26.9 Å². The van der Waals surface area contributed by atoms with Crippen molar-refractivity contribution in [1.29, 1.82) is 0 Å². The van der Waals surface area contributed by atoms with Crippen LogP contribution in [0.5, 0.6) is 11.5 Å². The van der Waals surface area contributed by atoms with Crippen LogP contribution >= 0.6 is 35.6 Å². The molecule has 0 unspecified atom stereocenters. The first-order valence-electron chi connectivity index (χ1n) is 7.93. The third-order valence-corrected chi connectivity index (χ3v) is 5.02. The van der Waals surface area contributed by atoms with E-state index in [0.29, 0.717) is 37.9 Å². The molecule has 0 aromatic heterocycles. The Morgan fingerprint density at radius 3 is 2.78 bits per heavy atom. The molecular formula is C18H18ClNO5S2. The normalized spacial score (nSPS) is 15.2. The Balaban J connectivity index is 2.32. The highest BCUT2D eigenvalue weighted by atomic mass is 35.5. The van der Waals surface area contributed by atoms with Gasteiger partial charge in [0, 0.05) is 0 Å². The lowest BCUT2D eigenvalue weighted by molar-refractivity contribution is -0.143. The van der Waals surface area contributed by atoms with E-state index in [9.17, 15) is 9.59 Å². The Morgan fingerprint density at radius 2 is 2.15 bits per heavy atom. The maximum absolute atomic E-state index is 12.5. The predicted octanol–water partition coefficient (Wildman–Crippen LogP) is 3.68. The molecule has 27 heavy (non-hydrogen) atoms. The van der Waals surface area contributed by atoms with Gasteiger partial charge >= 0.3 is 5.97 Å². The molecule has 1 fully saturated rings. The monoisotopic (exact) mass is 427 g/mol. The van der Waals surface area contributed by atoms with Crippen molar-refractivity contribution in [3.63, 3.8) is 0 Å². The molecule has 1 saturated heterocycles. The number of benzene rings is 1. The molecule has 6 nitrogen and oxygen atoms in total. The van der Waals surface area contributed by atoms with E-state index < -0.39 is 5.97 Å². The van der Waals surface area contributed by atoms with Crippen LogP contribution < -0.4 is 9.47 Å². The summed E-state index contributed by atoms with van der Waals surface area (Å²) < 4.78 is 16.0. The second-order valence-corrected chi connectivity index (χ2v) is 7.29. The van der Waals surface area contributed by atoms with Gasteiger partial charge in [-0.3, -0.25) is 14.5 Å². The van der Waals surface area contributed by atoms with E-state index in [1.54, 1.807) is 24.3 Å². The third kappa shape index (κ3) is 5.24. The van der Waals surface area contributed by atoms with Gasteiger partial charge in [0.2, 0.25) is 0 Å². The molecule has 1 aliphatic heterocycles. The number of nitrogens with zero attached hydrogens (tertiary/aromatic N) is 1. The second kappa shape index (κ2) is 9.77. The minimum atomic E-state index is -0.544. The summed E-state index contributed by atoms with van der Waals surface area (Å²) in [6.07, 6.45) is 3.24. The van der Waals surface area contributed by atoms with Gasteiger partial charge in [0.1, 0.15) is 17.5 Å². The molecule has 1 aliphatic rings. The van der Waals surface area contributed by atoms with Gasteiger partial charge < -0.3 is 14.2 Å². The highest BCUT2D eigenvalue weighted by Gasteiger charge is 2.33. The molecule has 0 N–H and O–H groups in total. The molecular weight excluding hydrogens is 410 g/mol. The molecule has 0 spiro atoms. The van der Waals surface area contributed by atoms with E-state index in [4.69, 9.17) is 33.3 Å². The molecule has 144 valence electrons. The first-order valence-corrected chi connectivity index (χ1v) is 9.53. The van der Waals surface area contributed by atoms with Crippen molar-refractivity contribution in [3.05, 3.63) is 40.3 Å². The van der Waals surface area contributed by atoms with E-state index in [1.165, 1.54) is 12.0 Å². The fourth-order valence-electron chi connectivity index (χ4n) is 2.20. The first-order chi connectivity index (χ1) is 12.9. The third-order valence-electron chi connectivity index (χ3n) is 3.36. The van der Waals surface area contributed by atoms with Crippen molar-refractivity contribution in [2.24, 2.45) is 0 Å². The number of halogens is 1. The zero-order valence-electron chi connectivity index (χ0n) is 14.8. The number of hydrogen-bond donors (Lipinski definition) is 0. The van der Waals surface area contributed by atoms with Crippen molar-refractivity contribution in [2.45, 2.75) is 6.92 Å². The van der Waals surface area contributed by atoms with E-state index in [-0.39, 0.29) is 19.1 Å². The van der Waals surface area contributed by atoms with E-state index >= 15 is 0 Å². The molecule has 0 bridgehead atoms. The Kier molecular flexibility index (Phi) is 7.70. The van der Waals surface area contributed by atoms with Crippen LogP contribution in [0.3, 0.4) is 0 Å². The average molecular weight is 428 g/mol. The molecule has 0 aliphatic carbocycles. The topological polar surface area (TPSA) is 65.1 Å². The summed E-state index contributed by atoms with van der Waals surface area (Å²) in [6.45, 7) is 5.93. The number of ether oxygens (including phenoxy) is 3. The lowest BCUT2D eigenvalue weighted by Crippen LogP contribution is -2.33. The Bertz CT molecular complexity index is 809. The molecule has 1 aromatic rings. The van der Waals surface area contributed by atoms with Gasteiger partial charge in [0.05, 0.1) is 23.6 Å². The number of rotatable bonds is 8. The number of hydrogen-bond acceptors (Lipinski definition) is 7. The smallest absolute Gasteiger partial charge is 0.325 e. The molecule has 2 rings (SSSR count). The Labute approximate surface area is 172 Å². The summed E-state index contributed by atoms with van der Waals surface area (Å²) in [7, 11) is 1.25. The van der Waals surface area contributed by atoms with Crippen LogP contribution in [0.4, 0.5) is 0 Å². The number of thioether (sulfide) groups is 1. The van der Waals surface area contributed by atoms with Gasteiger partial charge in [-0.25, -0.2) is 0 Å². The highest BCUT2D eigenvalue weighted by Crippen LogP contribution is 2.39. The van der Waals surface area contributed by atoms with Crippen LogP contribution in [0.2, 0.25) is 5.02 Å². The average Bonchev–Trinajstić information content (AvgIpc) is 2.88. The van der Waals surface area contributed by atoms with Crippen LogP contribution in [0, 0.1) is 0 Å². The SMILES string of the molecule is C=CCOc1c(Cl)cc(/C=C2\SC(=S)N(CC(=O)OC)C2=O)cc1OCC. The van der Waals surface area contributed by atoms with Crippen LogP contribution in [0.25, 0.3) is 6.08 Å². The summed E-state index contributed by atoms with van der Waals surface area (Å²) in [5, 5.41) is 0.346. The van der Waals surface area contributed by atoms with Gasteiger partial charge in [0.25, 0.3) is 5.91 Å². The summed E-state index contributed by atoms with van der Waals surface area (Å²) in [4.78, 5) is 25.5. The molecule has 1 aromatic carbocycles. The fourth-order valence-corrected chi connectivity index (χ4v) is 3.73. The quantitative estimate of drug-likeness (QED) is 0.271. The van der Waals surface area contributed by atoms with Gasteiger partial charge in [-0.1, -0.05) is 48.2 Å². The Morgan fingerprint density at radius 1 is 1.41 bits per heavy atom. The molecule has 1 amide bonds. The van der Waals surface area contributed by atoms with Crippen molar-refractivity contribution < 1.29 is 23.8 Å². The number of amides is 1. The molecule has 0 atom stereocenters. The minimum Gasteiger partial charge on any atom is -0.490 e. The summed E-state index contributed by atoms with van der Waals surface area (Å²) in [5.41, 5.74) is 0.646. The van der Waals surface area contributed by atoms with Crippen LogP contribution in [0.1, 0.15) is 12.5 Å². The maximum Gasteiger partial charge on any atom is 0.325 e.